The molecule has 2 aliphatic heterocycles. The number of carbonyl (C=O) groups excluding carboxylic acids is 2. The van der Waals surface area contributed by atoms with Crippen LogP contribution in [0.5, 0.6) is 0 Å². The quantitative estimate of drug-likeness (QED) is 0.755. The molecule has 122 valence electrons. The number of piperidine rings is 1. The van der Waals surface area contributed by atoms with Crippen molar-refractivity contribution in [2.45, 2.75) is 37.8 Å². The van der Waals surface area contributed by atoms with E-state index in [1.165, 1.54) is 7.11 Å². The average molecular weight is 308 g/mol. The fourth-order valence-corrected chi connectivity index (χ4v) is 3.08. The second-order valence-corrected chi connectivity index (χ2v) is 5.84. The lowest BCUT2D eigenvalue weighted by atomic mass is 10.0. The number of nitriles is 1. The van der Waals surface area contributed by atoms with Crippen molar-refractivity contribution in [3.05, 3.63) is 0 Å². The predicted octanol–water partition coefficient (Wildman–Crippen LogP) is -0.272. The first kappa shape index (κ1) is 16.7. The largest absolute Gasteiger partial charge is 0.375 e. The molecule has 2 amide bonds. The number of amides is 2. The summed E-state index contributed by atoms with van der Waals surface area (Å²) in [6, 6.07) is 2.17. The molecule has 0 bridgehead atoms. The van der Waals surface area contributed by atoms with Gasteiger partial charge in [0.05, 0.1) is 12.6 Å². The van der Waals surface area contributed by atoms with Crippen molar-refractivity contribution in [3.63, 3.8) is 0 Å². The zero-order valence-corrected chi connectivity index (χ0v) is 13.1. The monoisotopic (exact) mass is 308 g/mol. The molecule has 0 saturated carbocycles. The second kappa shape index (κ2) is 8.11. The fourth-order valence-electron chi connectivity index (χ4n) is 3.08. The summed E-state index contributed by atoms with van der Waals surface area (Å²) in [5, 5.41) is 12.3. The first-order chi connectivity index (χ1) is 10.7. The highest BCUT2D eigenvalue weighted by Gasteiger charge is 2.29. The Hall–Kier alpha value is -1.65. The van der Waals surface area contributed by atoms with E-state index in [0.717, 1.165) is 25.7 Å². The lowest BCUT2D eigenvalue weighted by Crippen LogP contribution is -2.49. The number of ether oxygens (including phenoxy) is 1. The van der Waals surface area contributed by atoms with Crippen LogP contribution in [-0.4, -0.2) is 73.6 Å². The molecule has 22 heavy (non-hydrogen) atoms. The Morgan fingerprint density at radius 1 is 1.23 bits per heavy atom. The molecule has 0 aromatic heterocycles. The van der Waals surface area contributed by atoms with Gasteiger partial charge < -0.3 is 19.9 Å². The highest BCUT2D eigenvalue weighted by molar-refractivity contribution is 5.79. The third-order valence-electron chi connectivity index (χ3n) is 4.38. The Morgan fingerprint density at radius 3 is 2.59 bits per heavy atom. The molecule has 2 rings (SSSR count). The van der Waals surface area contributed by atoms with E-state index in [9.17, 15) is 9.59 Å². The third kappa shape index (κ3) is 4.18. The van der Waals surface area contributed by atoms with Crippen LogP contribution in [0.4, 0.5) is 0 Å². The molecule has 0 aromatic rings. The van der Waals surface area contributed by atoms with E-state index in [0.29, 0.717) is 19.6 Å². The highest BCUT2D eigenvalue weighted by Crippen LogP contribution is 2.16. The summed E-state index contributed by atoms with van der Waals surface area (Å²) in [6.45, 7) is 2.47. The van der Waals surface area contributed by atoms with Crippen molar-refractivity contribution in [2.75, 3.05) is 39.9 Å². The lowest BCUT2D eigenvalue weighted by Gasteiger charge is -2.32. The van der Waals surface area contributed by atoms with E-state index < -0.39 is 0 Å². The van der Waals surface area contributed by atoms with Crippen LogP contribution in [0.3, 0.4) is 0 Å². The molecule has 7 nitrogen and oxygen atoms in total. The van der Waals surface area contributed by atoms with Crippen molar-refractivity contribution in [1.82, 2.24) is 15.1 Å². The maximum atomic E-state index is 12.1. The van der Waals surface area contributed by atoms with E-state index >= 15 is 0 Å². The molecule has 0 radical (unpaired) electrons. The molecule has 0 aliphatic carbocycles. The fraction of sp³-hybridized carbons (Fsp3) is 0.800. The molecule has 0 spiro atoms. The number of nitrogens with zero attached hydrogens (tertiary/aromatic N) is 3. The van der Waals surface area contributed by atoms with Gasteiger partial charge in [0.1, 0.15) is 12.6 Å². The van der Waals surface area contributed by atoms with Crippen LogP contribution in [0.15, 0.2) is 0 Å². The Labute approximate surface area is 131 Å². The molecule has 2 aliphatic rings. The number of hydrogen-bond donors (Lipinski definition) is 1. The van der Waals surface area contributed by atoms with Crippen molar-refractivity contribution < 1.29 is 14.3 Å². The molecule has 2 fully saturated rings. The van der Waals surface area contributed by atoms with E-state index in [1.54, 1.807) is 9.80 Å². The first-order valence-electron chi connectivity index (χ1n) is 7.85. The number of hydrogen-bond acceptors (Lipinski definition) is 5. The molecule has 1 atom stereocenters. The smallest absolute Gasteiger partial charge is 0.248 e. The van der Waals surface area contributed by atoms with Gasteiger partial charge in [-0.05, 0) is 25.7 Å². The number of nitrogens with one attached hydrogen (secondary N) is 1. The summed E-state index contributed by atoms with van der Waals surface area (Å²) in [5.41, 5.74) is 0. The van der Waals surface area contributed by atoms with Gasteiger partial charge in [0.2, 0.25) is 11.8 Å². The van der Waals surface area contributed by atoms with Gasteiger partial charge in [-0.2, -0.15) is 5.26 Å². The molecule has 2 saturated heterocycles. The van der Waals surface area contributed by atoms with Gasteiger partial charge >= 0.3 is 0 Å². The number of rotatable bonds is 5. The lowest BCUT2D eigenvalue weighted by molar-refractivity contribution is -0.136. The van der Waals surface area contributed by atoms with Gasteiger partial charge in [-0.25, -0.2) is 0 Å². The van der Waals surface area contributed by atoms with Crippen LogP contribution >= 0.6 is 0 Å². The van der Waals surface area contributed by atoms with Gasteiger partial charge in [-0.3, -0.25) is 9.59 Å². The van der Waals surface area contributed by atoms with E-state index in [-0.39, 0.29) is 37.0 Å². The van der Waals surface area contributed by atoms with Crippen LogP contribution in [0.2, 0.25) is 0 Å². The standard InChI is InChI=1S/C15H24N4O3/c1-22-11-15(21)18-7-4-12(5-8-18)17-10-14(20)19-6-2-3-13(19)9-16/h12-13,17H,2-8,10-11H2,1H3/t13-/m0/s1. The number of methoxy groups -OCH3 is 1. The molecule has 0 unspecified atom stereocenters. The third-order valence-corrected chi connectivity index (χ3v) is 4.38. The van der Waals surface area contributed by atoms with Gasteiger partial charge in [-0.15, -0.1) is 0 Å². The summed E-state index contributed by atoms with van der Waals surface area (Å²) in [5.74, 6) is 0.0212. The van der Waals surface area contributed by atoms with Gasteiger partial charge in [0.15, 0.2) is 0 Å². The summed E-state index contributed by atoms with van der Waals surface area (Å²) < 4.78 is 4.86. The number of likely N-dealkylation sites (tertiary alicyclic amines) is 2. The summed E-state index contributed by atoms with van der Waals surface area (Å²) in [4.78, 5) is 27.3. The van der Waals surface area contributed by atoms with Crippen LogP contribution in [0, 0.1) is 11.3 Å². The Morgan fingerprint density at radius 2 is 1.95 bits per heavy atom. The highest BCUT2D eigenvalue weighted by atomic mass is 16.5. The normalized spacial score (nSPS) is 22.6. The minimum atomic E-state index is -0.261. The number of carbonyl (C=O) groups is 2. The molecule has 1 N–H and O–H groups in total. The van der Waals surface area contributed by atoms with Crippen molar-refractivity contribution in [2.24, 2.45) is 0 Å². The molecule has 7 heteroatoms. The summed E-state index contributed by atoms with van der Waals surface area (Å²) in [6.07, 6.45) is 3.36. The maximum Gasteiger partial charge on any atom is 0.248 e. The zero-order valence-electron chi connectivity index (χ0n) is 13.1. The Bertz CT molecular complexity index is 441. The summed E-state index contributed by atoms with van der Waals surface area (Å²) >= 11 is 0. The molecular formula is C15H24N4O3. The van der Waals surface area contributed by atoms with E-state index in [2.05, 4.69) is 11.4 Å². The van der Waals surface area contributed by atoms with Crippen LogP contribution in [-0.2, 0) is 14.3 Å². The molecular weight excluding hydrogens is 284 g/mol. The van der Waals surface area contributed by atoms with Crippen molar-refractivity contribution >= 4 is 11.8 Å². The molecule has 0 aromatic carbocycles. The Kier molecular flexibility index (Phi) is 6.16. The zero-order chi connectivity index (χ0) is 15.9. The van der Waals surface area contributed by atoms with E-state index in [1.807, 2.05) is 0 Å². The van der Waals surface area contributed by atoms with Crippen LogP contribution in [0.1, 0.15) is 25.7 Å². The predicted molar refractivity (Wildman–Crippen MR) is 79.8 cm³/mol. The summed E-state index contributed by atoms with van der Waals surface area (Å²) in [7, 11) is 1.52. The first-order valence-corrected chi connectivity index (χ1v) is 7.85. The maximum absolute atomic E-state index is 12.1. The topological polar surface area (TPSA) is 85.7 Å². The minimum Gasteiger partial charge on any atom is -0.375 e. The van der Waals surface area contributed by atoms with Gasteiger partial charge in [-0.1, -0.05) is 0 Å². The van der Waals surface area contributed by atoms with Crippen molar-refractivity contribution in [1.29, 1.82) is 5.26 Å². The SMILES string of the molecule is COCC(=O)N1CCC(NCC(=O)N2CCC[C@H]2C#N)CC1. The van der Waals surface area contributed by atoms with Gasteiger partial charge in [0.25, 0.3) is 0 Å². The van der Waals surface area contributed by atoms with Crippen LogP contribution < -0.4 is 5.32 Å². The minimum absolute atomic E-state index is 0.00180. The van der Waals surface area contributed by atoms with Crippen molar-refractivity contribution in [3.8, 4) is 6.07 Å². The van der Waals surface area contributed by atoms with Gasteiger partial charge in [0, 0.05) is 32.8 Å². The molecule has 2 heterocycles. The van der Waals surface area contributed by atoms with Crippen LogP contribution in [0.25, 0.3) is 0 Å². The second-order valence-electron chi connectivity index (χ2n) is 5.84. The Balaban J connectivity index is 1.70. The van der Waals surface area contributed by atoms with E-state index in [4.69, 9.17) is 10.00 Å². The average Bonchev–Trinajstić information content (AvgIpc) is 3.02.